The zero-order valence-corrected chi connectivity index (χ0v) is 8.16. The second kappa shape index (κ2) is 3.29. The zero-order chi connectivity index (χ0) is 6.85. The van der Waals surface area contributed by atoms with Crippen molar-refractivity contribution in [3.05, 3.63) is 0 Å². The fraction of sp³-hybridized carbons (Fsp3) is 1.00. The summed E-state index contributed by atoms with van der Waals surface area (Å²) in [6.07, 6.45) is 4.03. The summed E-state index contributed by atoms with van der Waals surface area (Å²) in [4.78, 5) is 0.657. The summed E-state index contributed by atoms with van der Waals surface area (Å²) in [6.45, 7) is 2.28. The predicted octanol–water partition coefficient (Wildman–Crippen LogP) is 2.87. The molecule has 0 saturated heterocycles. The van der Waals surface area contributed by atoms with Crippen LogP contribution in [0.15, 0.2) is 0 Å². The van der Waals surface area contributed by atoms with Gasteiger partial charge >= 0.3 is 0 Å². The highest BCUT2D eigenvalue weighted by Crippen LogP contribution is 2.32. The molecule has 2 heteroatoms. The van der Waals surface area contributed by atoms with Crippen LogP contribution >= 0.6 is 28.6 Å². The number of rotatable bonds is 0. The molecule has 0 bridgehead atoms. The van der Waals surface area contributed by atoms with Crippen LogP contribution < -0.4 is 0 Å². The van der Waals surface area contributed by atoms with Crippen LogP contribution in [0.4, 0.5) is 0 Å². The summed E-state index contributed by atoms with van der Waals surface area (Å²) < 4.78 is 0. The fourth-order valence-electron chi connectivity index (χ4n) is 1.33. The monoisotopic (exact) mass is 208 g/mol. The smallest absolute Gasteiger partial charge is 0.0264 e. The van der Waals surface area contributed by atoms with Crippen LogP contribution in [0, 0.1) is 5.92 Å². The lowest BCUT2D eigenvalue weighted by Gasteiger charge is -2.29. The second-order valence-electron chi connectivity index (χ2n) is 2.91. The Hall–Kier alpha value is 0.830. The Labute approximate surface area is 70.9 Å². The van der Waals surface area contributed by atoms with Crippen LogP contribution in [0.3, 0.4) is 0 Å². The molecule has 0 aliphatic heterocycles. The number of hydrogen-bond acceptors (Lipinski definition) is 1. The first-order chi connectivity index (χ1) is 4.22. The molecule has 1 fully saturated rings. The van der Waals surface area contributed by atoms with Crippen molar-refractivity contribution in [3.63, 3.8) is 0 Å². The number of alkyl halides is 1. The van der Waals surface area contributed by atoms with Crippen molar-refractivity contribution in [2.24, 2.45) is 5.92 Å². The fourth-order valence-corrected chi connectivity index (χ4v) is 2.48. The molecule has 9 heavy (non-hydrogen) atoms. The summed E-state index contributed by atoms with van der Waals surface area (Å²) in [5, 5.41) is 0.582. The minimum Gasteiger partial charge on any atom is -0.174 e. The summed E-state index contributed by atoms with van der Waals surface area (Å²) >= 11 is 8.12. The molecular weight excluding hydrogens is 196 g/mol. The van der Waals surface area contributed by atoms with E-state index in [1.54, 1.807) is 0 Å². The van der Waals surface area contributed by atoms with Crippen LogP contribution in [0.25, 0.3) is 0 Å². The van der Waals surface area contributed by atoms with E-state index in [4.69, 9.17) is 0 Å². The first kappa shape index (κ1) is 7.93. The molecular formula is C7H13BrS. The van der Waals surface area contributed by atoms with E-state index in [1.165, 1.54) is 19.3 Å². The molecule has 0 N–H and O–H groups in total. The minimum atomic E-state index is 0.582. The van der Waals surface area contributed by atoms with Gasteiger partial charge in [0, 0.05) is 10.1 Å². The van der Waals surface area contributed by atoms with Crippen molar-refractivity contribution in [1.29, 1.82) is 0 Å². The normalized spacial score (nSPS) is 45.0. The van der Waals surface area contributed by atoms with Crippen LogP contribution in [0.1, 0.15) is 26.2 Å². The van der Waals surface area contributed by atoms with Crippen LogP contribution in [0.5, 0.6) is 0 Å². The van der Waals surface area contributed by atoms with E-state index in [1.807, 2.05) is 0 Å². The molecule has 0 aromatic rings. The highest BCUT2D eigenvalue weighted by Gasteiger charge is 2.25. The van der Waals surface area contributed by atoms with E-state index in [0.29, 0.717) is 10.1 Å². The van der Waals surface area contributed by atoms with Gasteiger partial charge < -0.3 is 0 Å². The Morgan fingerprint density at radius 2 is 2.11 bits per heavy atom. The highest BCUT2D eigenvalue weighted by molar-refractivity contribution is 9.09. The minimum absolute atomic E-state index is 0.582. The molecule has 3 atom stereocenters. The molecule has 1 rings (SSSR count). The first-order valence-corrected chi connectivity index (χ1v) is 4.97. The molecule has 1 saturated carbocycles. The Morgan fingerprint density at radius 3 is 2.56 bits per heavy atom. The van der Waals surface area contributed by atoms with E-state index in [0.717, 1.165) is 5.92 Å². The van der Waals surface area contributed by atoms with Crippen molar-refractivity contribution in [3.8, 4) is 0 Å². The Morgan fingerprint density at radius 1 is 1.44 bits per heavy atom. The summed E-state index contributed by atoms with van der Waals surface area (Å²) in [6, 6.07) is 0. The molecule has 0 spiro atoms. The Balaban J connectivity index is 2.41. The maximum Gasteiger partial charge on any atom is 0.0264 e. The first-order valence-electron chi connectivity index (χ1n) is 3.54. The maximum absolute atomic E-state index is 4.50. The molecule has 54 valence electrons. The largest absolute Gasteiger partial charge is 0.174 e. The Bertz CT molecular complexity index is 84.9. The number of thiol groups is 1. The van der Waals surface area contributed by atoms with Gasteiger partial charge in [-0.1, -0.05) is 29.3 Å². The van der Waals surface area contributed by atoms with Gasteiger partial charge in [0.1, 0.15) is 0 Å². The molecule has 1 aliphatic carbocycles. The van der Waals surface area contributed by atoms with Gasteiger partial charge in [-0.25, -0.2) is 0 Å². The lowest BCUT2D eigenvalue weighted by Crippen LogP contribution is -2.27. The zero-order valence-electron chi connectivity index (χ0n) is 5.68. The lowest BCUT2D eigenvalue weighted by atomic mass is 9.90. The van der Waals surface area contributed by atoms with E-state index in [-0.39, 0.29) is 0 Å². The summed E-state index contributed by atoms with van der Waals surface area (Å²) in [7, 11) is 0. The third kappa shape index (κ3) is 1.87. The molecule has 0 aromatic heterocycles. The van der Waals surface area contributed by atoms with Crippen LogP contribution in [-0.4, -0.2) is 10.1 Å². The Kier molecular flexibility index (Phi) is 2.90. The third-order valence-electron chi connectivity index (χ3n) is 2.09. The number of halogens is 1. The lowest BCUT2D eigenvalue weighted by molar-refractivity contribution is 0.412. The molecule has 0 heterocycles. The van der Waals surface area contributed by atoms with Gasteiger partial charge in [-0.15, -0.1) is 0 Å². The van der Waals surface area contributed by atoms with E-state index < -0.39 is 0 Å². The van der Waals surface area contributed by atoms with Crippen molar-refractivity contribution >= 4 is 28.6 Å². The molecule has 0 amide bonds. The molecule has 0 aromatic carbocycles. The van der Waals surface area contributed by atoms with Crippen molar-refractivity contribution in [2.45, 2.75) is 36.3 Å². The van der Waals surface area contributed by atoms with E-state index in [9.17, 15) is 0 Å². The van der Waals surface area contributed by atoms with E-state index in [2.05, 4.69) is 35.5 Å². The average Bonchev–Trinajstić information content (AvgIpc) is 1.83. The standard InChI is InChI=1S/C7H13BrS/c1-5-3-2-4-6(8)7(5)9/h5-7,9H,2-4H2,1H3. The highest BCUT2D eigenvalue weighted by atomic mass is 79.9. The van der Waals surface area contributed by atoms with Gasteiger partial charge in [0.2, 0.25) is 0 Å². The van der Waals surface area contributed by atoms with Gasteiger partial charge in [-0.05, 0) is 18.8 Å². The van der Waals surface area contributed by atoms with Gasteiger partial charge in [-0.2, -0.15) is 12.6 Å². The van der Waals surface area contributed by atoms with E-state index >= 15 is 0 Å². The average molecular weight is 209 g/mol. The van der Waals surface area contributed by atoms with Gasteiger partial charge in [0.15, 0.2) is 0 Å². The topological polar surface area (TPSA) is 0 Å². The maximum atomic E-state index is 4.50. The van der Waals surface area contributed by atoms with Crippen LogP contribution in [0.2, 0.25) is 0 Å². The van der Waals surface area contributed by atoms with Crippen molar-refractivity contribution < 1.29 is 0 Å². The third-order valence-corrected chi connectivity index (χ3v) is 4.40. The van der Waals surface area contributed by atoms with Crippen molar-refractivity contribution in [1.82, 2.24) is 0 Å². The predicted molar refractivity (Wildman–Crippen MR) is 48.5 cm³/mol. The van der Waals surface area contributed by atoms with Crippen molar-refractivity contribution in [2.75, 3.05) is 0 Å². The number of hydrogen-bond donors (Lipinski definition) is 1. The van der Waals surface area contributed by atoms with Gasteiger partial charge in [-0.3, -0.25) is 0 Å². The molecule has 0 nitrogen and oxygen atoms in total. The van der Waals surface area contributed by atoms with Crippen LogP contribution in [-0.2, 0) is 0 Å². The second-order valence-corrected chi connectivity index (χ2v) is 4.69. The van der Waals surface area contributed by atoms with Gasteiger partial charge in [0.25, 0.3) is 0 Å². The quantitative estimate of drug-likeness (QED) is 0.460. The molecule has 3 unspecified atom stereocenters. The molecule has 1 aliphatic rings. The molecule has 0 radical (unpaired) electrons. The SMILES string of the molecule is CC1CCCC(Br)C1S. The van der Waals surface area contributed by atoms with Gasteiger partial charge in [0.05, 0.1) is 0 Å². The summed E-state index contributed by atoms with van der Waals surface area (Å²) in [5.74, 6) is 0.798. The summed E-state index contributed by atoms with van der Waals surface area (Å²) in [5.41, 5.74) is 0.